The molecule has 1 aliphatic rings. The second-order valence-corrected chi connectivity index (χ2v) is 7.84. The first kappa shape index (κ1) is 21.6. The molecular formula is C23H25N3O3S. The molecule has 2 aromatic rings. The largest absolute Gasteiger partial charge is 0.466 e. The number of fused-ring (bicyclic) bond motifs is 1. The van der Waals surface area contributed by atoms with Gasteiger partial charge < -0.3 is 15.4 Å². The van der Waals surface area contributed by atoms with E-state index in [4.69, 9.17) is 9.73 Å². The van der Waals surface area contributed by atoms with Gasteiger partial charge in [0.05, 0.1) is 34.7 Å². The first-order valence-electron chi connectivity index (χ1n) is 9.92. The molecule has 0 saturated heterocycles. The van der Waals surface area contributed by atoms with E-state index in [2.05, 4.69) is 10.6 Å². The number of carbonyl (C=O) groups excluding carboxylic acids is 2. The van der Waals surface area contributed by atoms with E-state index >= 15 is 0 Å². The highest BCUT2D eigenvalue weighted by Crippen LogP contribution is 2.32. The summed E-state index contributed by atoms with van der Waals surface area (Å²) in [4.78, 5) is 29.5. The molecule has 3 rings (SSSR count). The third-order valence-electron chi connectivity index (χ3n) is 4.34. The number of amides is 1. The molecule has 1 amide bonds. The number of ether oxygens (including phenoxy) is 1. The lowest BCUT2D eigenvalue weighted by molar-refractivity contribution is -0.142. The fraction of sp³-hybridized carbons (Fsp3) is 0.261. The number of rotatable bonds is 7. The van der Waals surface area contributed by atoms with E-state index in [1.165, 1.54) is 11.8 Å². The Balaban J connectivity index is 1.81. The van der Waals surface area contributed by atoms with Crippen molar-refractivity contribution >= 4 is 45.7 Å². The van der Waals surface area contributed by atoms with Gasteiger partial charge in [-0.1, -0.05) is 49.0 Å². The number of benzene rings is 2. The number of hydrogen-bond acceptors (Lipinski definition) is 6. The Morgan fingerprint density at radius 1 is 1.10 bits per heavy atom. The quantitative estimate of drug-likeness (QED) is 0.604. The molecule has 6 nitrogen and oxygen atoms in total. The molecule has 0 spiro atoms. The van der Waals surface area contributed by atoms with Crippen LogP contribution in [0.25, 0.3) is 0 Å². The average Bonchev–Trinajstić information content (AvgIpc) is 2.91. The maximum atomic E-state index is 12.8. The molecule has 0 aromatic heterocycles. The minimum Gasteiger partial charge on any atom is -0.466 e. The summed E-state index contributed by atoms with van der Waals surface area (Å²) in [5, 5.41) is 6.57. The zero-order valence-corrected chi connectivity index (χ0v) is 17.9. The monoisotopic (exact) mass is 423 g/mol. The number of hydrogen-bond donors (Lipinski definition) is 2. The normalized spacial score (nSPS) is 13.7. The summed E-state index contributed by atoms with van der Waals surface area (Å²) in [5.41, 5.74) is 3.01. The molecule has 0 fully saturated rings. The number of nitrogens with zero attached hydrogens (tertiary/aromatic N) is 1. The highest BCUT2D eigenvalue weighted by atomic mass is 32.2. The van der Waals surface area contributed by atoms with Crippen molar-refractivity contribution in [2.45, 2.75) is 31.9 Å². The summed E-state index contributed by atoms with van der Waals surface area (Å²) in [6, 6.07) is 17.0. The Morgan fingerprint density at radius 2 is 1.83 bits per heavy atom. The molecule has 0 bridgehead atoms. The molecule has 1 aliphatic heterocycles. The predicted molar refractivity (Wildman–Crippen MR) is 123 cm³/mol. The number of thioether (sulfide) groups is 1. The van der Waals surface area contributed by atoms with Crippen molar-refractivity contribution in [3.05, 3.63) is 66.4 Å². The van der Waals surface area contributed by atoms with Gasteiger partial charge in [-0.15, -0.1) is 0 Å². The lowest BCUT2D eigenvalue weighted by atomic mass is 10.2. The van der Waals surface area contributed by atoms with Gasteiger partial charge in [0.1, 0.15) is 0 Å². The van der Waals surface area contributed by atoms with Crippen LogP contribution >= 0.6 is 11.8 Å². The second-order valence-electron chi connectivity index (χ2n) is 6.61. The number of anilines is 2. The van der Waals surface area contributed by atoms with Crippen LogP contribution < -0.4 is 10.6 Å². The van der Waals surface area contributed by atoms with Crippen LogP contribution in [-0.2, 0) is 14.3 Å². The minimum atomic E-state index is -0.325. The van der Waals surface area contributed by atoms with E-state index in [9.17, 15) is 9.59 Å². The SMILES string of the molecule is CCOC(=O)CC1=CC(SC(CC)C(=O)Nc2ccccc2)=Nc2ccccc2N1. The third-order valence-corrected chi connectivity index (χ3v) is 5.62. The maximum absolute atomic E-state index is 12.8. The van der Waals surface area contributed by atoms with Crippen molar-refractivity contribution in [3.63, 3.8) is 0 Å². The van der Waals surface area contributed by atoms with Crippen LogP contribution in [0.2, 0.25) is 0 Å². The Bertz CT molecular complexity index is 957. The Hall–Kier alpha value is -3.06. The summed E-state index contributed by atoms with van der Waals surface area (Å²) in [6.45, 7) is 4.08. The molecule has 1 atom stereocenters. The minimum absolute atomic E-state index is 0.0813. The van der Waals surface area contributed by atoms with Crippen LogP contribution in [0.1, 0.15) is 26.7 Å². The maximum Gasteiger partial charge on any atom is 0.311 e. The van der Waals surface area contributed by atoms with Gasteiger partial charge in [-0.2, -0.15) is 0 Å². The Labute approximate surface area is 180 Å². The molecule has 0 saturated carbocycles. The summed E-state index contributed by atoms with van der Waals surface area (Å²) in [7, 11) is 0. The molecule has 0 radical (unpaired) electrons. The summed E-state index contributed by atoms with van der Waals surface area (Å²) in [6.07, 6.45) is 2.56. The van der Waals surface area contributed by atoms with Crippen molar-refractivity contribution < 1.29 is 14.3 Å². The standard InChI is InChI=1S/C23H25N3O3S/c1-3-20(23(28)25-16-10-6-5-7-11-16)30-21-14-17(15-22(27)29-4-2)24-18-12-8-9-13-19(18)26-21/h5-14,20,24H,3-4,15H2,1-2H3,(H,25,28). The van der Waals surface area contributed by atoms with Crippen LogP contribution in [0.15, 0.2) is 71.4 Å². The van der Waals surface area contributed by atoms with E-state index in [-0.39, 0.29) is 23.5 Å². The Kier molecular flexibility index (Phi) is 7.68. The van der Waals surface area contributed by atoms with Gasteiger partial charge in [0.25, 0.3) is 0 Å². The van der Waals surface area contributed by atoms with Gasteiger partial charge in [0.15, 0.2) is 0 Å². The molecule has 30 heavy (non-hydrogen) atoms. The van der Waals surface area contributed by atoms with Gasteiger partial charge in [0.2, 0.25) is 5.91 Å². The lowest BCUT2D eigenvalue weighted by Crippen LogP contribution is -2.25. The molecule has 2 N–H and O–H groups in total. The van der Waals surface area contributed by atoms with Crippen LogP contribution in [0.5, 0.6) is 0 Å². The number of aliphatic imine (C=N–C) groups is 1. The molecule has 7 heteroatoms. The van der Waals surface area contributed by atoms with Gasteiger partial charge in [0, 0.05) is 11.4 Å². The molecule has 2 aromatic carbocycles. The second kappa shape index (κ2) is 10.6. The summed E-state index contributed by atoms with van der Waals surface area (Å²) < 4.78 is 5.08. The van der Waals surface area contributed by atoms with Gasteiger partial charge in [-0.05, 0) is 43.7 Å². The molecule has 156 valence electrons. The Morgan fingerprint density at radius 3 is 2.57 bits per heavy atom. The number of nitrogens with one attached hydrogen (secondary N) is 2. The van der Waals surface area contributed by atoms with E-state index < -0.39 is 0 Å². The first-order valence-corrected chi connectivity index (χ1v) is 10.8. The number of carbonyl (C=O) groups is 2. The van der Waals surface area contributed by atoms with E-state index in [0.717, 1.165) is 17.1 Å². The van der Waals surface area contributed by atoms with E-state index in [0.29, 0.717) is 23.8 Å². The molecule has 1 heterocycles. The van der Waals surface area contributed by atoms with Crippen molar-refractivity contribution in [1.29, 1.82) is 0 Å². The van der Waals surface area contributed by atoms with Crippen molar-refractivity contribution in [1.82, 2.24) is 0 Å². The fourth-order valence-corrected chi connectivity index (χ4v) is 3.91. The predicted octanol–water partition coefficient (Wildman–Crippen LogP) is 5.13. The molecule has 1 unspecified atom stereocenters. The third kappa shape index (κ3) is 5.97. The highest BCUT2D eigenvalue weighted by molar-refractivity contribution is 8.15. The van der Waals surface area contributed by atoms with Crippen molar-refractivity contribution in [3.8, 4) is 0 Å². The molecule has 0 aliphatic carbocycles. The van der Waals surface area contributed by atoms with Gasteiger partial charge >= 0.3 is 5.97 Å². The van der Waals surface area contributed by atoms with Gasteiger partial charge in [-0.3, -0.25) is 9.59 Å². The number of esters is 1. The first-order chi connectivity index (χ1) is 14.6. The van der Waals surface area contributed by atoms with Crippen LogP contribution in [0.4, 0.5) is 17.1 Å². The van der Waals surface area contributed by atoms with E-state index in [1.807, 2.05) is 67.6 Å². The summed E-state index contributed by atoms with van der Waals surface area (Å²) in [5.74, 6) is -0.393. The van der Waals surface area contributed by atoms with Gasteiger partial charge in [-0.25, -0.2) is 4.99 Å². The highest BCUT2D eigenvalue weighted by Gasteiger charge is 2.22. The van der Waals surface area contributed by atoms with Crippen LogP contribution in [0, 0.1) is 0 Å². The lowest BCUT2D eigenvalue weighted by Gasteiger charge is -2.15. The summed E-state index contributed by atoms with van der Waals surface area (Å²) >= 11 is 1.38. The van der Waals surface area contributed by atoms with Crippen LogP contribution in [-0.4, -0.2) is 28.8 Å². The zero-order chi connectivity index (χ0) is 21.3. The zero-order valence-electron chi connectivity index (χ0n) is 17.1. The fourth-order valence-electron chi connectivity index (χ4n) is 2.92. The topological polar surface area (TPSA) is 79.8 Å². The molecular weight excluding hydrogens is 398 g/mol. The van der Waals surface area contributed by atoms with Crippen LogP contribution in [0.3, 0.4) is 0 Å². The van der Waals surface area contributed by atoms with Crippen molar-refractivity contribution in [2.75, 3.05) is 17.2 Å². The van der Waals surface area contributed by atoms with E-state index in [1.54, 1.807) is 6.92 Å². The number of para-hydroxylation sites is 3. The van der Waals surface area contributed by atoms with Crippen molar-refractivity contribution in [2.24, 2.45) is 4.99 Å². The average molecular weight is 424 g/mol. The smallest absolute Gasteiger partial charge is 0.311 e.